The first-order valence-corrected chi connectivity index (χ1v) is 7.40. The van der Waals surface area contributed by atoms with Gasteiger partial charge in [-0.3, -0.25) is 24.0 Å². The van der Waals surface area contributed by atoms with Crippen molar-refractivity contribution in [2.45, 2.75) is 18.9 Å². The average molecular weight is 318 g/mol. The number of nitrogens with one attached hydrogen (secondary N) is 1. The number of carbonyl (C=O) groups is 2. The zero-order chi connectivity index (χ0) is 16.6. The molecule has 1 unspecified atom stereocenters. The summed E-state index contributed by atoms with van der Waals surface area (Å²) in [6, 6.07) is 4.54. The Labute approximate surface area is 131 Å². The number of amides is 2. The van der Waals surface area contributed by atoms with Crippen LogP contribution in [0.5, 0.6) is 5.75 Å². The first-order valence-electron chi connectivity index (χ1n) is 7.40. The van der Waals surface area contributed by atoms with Crippen molar-refractivity contribution < 1.29 is 14.3 Å². The normalized spacial score (nSPS) is 18.3. The van der Waals surface area contributed by atoms with Crippen molar-refractivity contribution in [3.8, 4) is 5.75 Å². The number of carbonyl (C=O) groups excluding carboxylic acids is 2. The van der Waals surface area contributed by atoms with Crippen LogP contribution in [0, 0.1) is 0 Å². The lowest BCUT2D eigenvalue weighted by molar-refractivity contribution is -0.135. The van der Waals surface area contributed by atoms with Crippen LogP contribution in [0.25, 0.3) is 11.0 Å². The van der Waals surface area contributed by atoms with E-state index in [2.05, 4.69) is 5.32 Å². The number of aromatic nitrogens is 2. The summed E-state index contributed by atoms with van der Waals surface area (Å²) in [6.45, 7) is 0.779. The number of fused-ring (bicyclic) bond motifs is 1. The molecule has 8 nitrogen and oxygen atoms in total. The van der Waals surface area contributed by atoms with Crippen LogP contribution in [0.3, 0.4) is 0 Å². The molecule has 2 aromatic rings. The standard InChI is InChI=1S/C15H18N4O4/c1-18-12-8-9(23-7-6-16)2-3-10(12)19(15(18)22)11-4-5-13(20)17-14(11)21/h2-3,8,11H,4-7,16H2,1H3,(H,17,20,21). The lowest BCUT2D eigenvalue weighted by Gasteiger charge is -2.21. The molecule has 2 heterocycles. The van der Waals surface area contributed by atoms with E-state index in [-0.39, 0.29) is 18.0 Å². The topological polar surface area (TPSA) is 108 Å². The molecule has 1 fully saturated rings. The molecule has 0 spiro atoms. The summed E-state index contributed by atoms with van der Waals surface area (Å²) in [5, 5.41) is 2.28. The smallest absolute Gasteiger partial charge is 0.329 e. The fourth-order valence-electron chi connectivity index (χ4n) is 2.84. The molecule has 23 heavy (non-hydrogen) atoms. The molecule has 0 bridgehead atoms. The number of hydrogen-bond acceptors (Lipinski definition) is 5. The fourth-order valence-corrected chi connectivity index (χ4v) is 2.84. The molecule has 0 radical (unpaired) electrons. The maximum absolute atomic E-state index is 12.5. The molecular formula is C15H18N4O4. The van der Waals surface area contributed by atoms with Crippen molar-refractivity contribution >= 4 is 22.8 Å². The number of piperidine rings is 1. The molecule has 1 aromatic carbocycles. The van der Waals surface area contributed by atoms with Crippen LogP contribution >= 0.6 is 0 Å². The Hall–Kier alpha value is -2.61. The number of aryl methyl sites for hydroxylation is 1. The number of nitrogens with two attached hydrogens (primary N) is 1. The number of benzene rings is 1. The van der Waals surface area contributed by atoms with Gasteiger partial charge in [0.15, 0.2) is 0 Å². The highest BCUT2D eigenvalue weighted by atomic mass is 16.5. The Morgan fingerprint density at radius 1 is 1.30 bits per heavy atom. The second-order valence-corrected chi connectivity index (χ2v) is 5.47. The third-order valence-corrected chi connectivity index (χ3v) is 3.97. The first-order chi connectivity index (χ1) is 11.0. The number of ether oxygens (including phenoxy) is 1. The van der Waals surface area contributed by atoms with Crippen LogP contribution < -0.4 is 21.5 Å². The SMILES string of the molecule is Cn1c(=O)n(C2CCC(=O)NC2=O)c2ccc(OCCN)cc21. The summed E-state index contributed by atoms with van der Waals surface area (Å²) >= 11 is 0. The Kier molecular flexibility index (Phi) is 3.91. The van der Waals surface area contributed by atoms with Gasteiger partial charge in [0.1, 0.15) is 18.4 Å². The van der Waals surface area contributed by atoms with E-state index in [0.29, 0.717) is 36.4 Å². The third kappa shape index (κ3) is 2.61. The summed E-state index contributed by atoms with van der Waals surface area (Å²) in [6.07, 6.45) is 0.534. The van der Waals surface area contributed by atoms with Gasteiger partial charge in [-0.15, -0.1) is 0 Å². The predicted octanol–water partition coefficient (Wildman–Crippen LogP) is -0.345. The van der Waals surface area contributed by atoms with Gasteiger partial charge in [-0.2, -0.15) is 0 Å². The van der Waals surface area contributed by atoms with E-state index in [1.807, 2.05) is 0 Å². The van der Waals surface area contributed by atoms with Crippen molar-refractivity contribution in [1.29, 1.82) is 0 Å². The minimum Gasteiger partial charge on any atom is -0.492 e. The molecule has 0 aliphatic carbocycles. The van der Waals surface area contributed by atoms with Gasteiger partial charge < -0.3 is 10.5 Å². The van der Waals surface area contributed by atoms with E-state index in [4.69, 9.17) is 10.5 Å². The highest BCUT2D eigenvalue weighted by Gasteiger charge is 2.31. The van der Waals surface area contributed by atoms with Crippen molar-refractivity contribution in [3.05, 3.63) is 28.7 Å². The number of imidazole rings is 1. The van der Waals surface area contributed by atoms with Gasteiger partial charge in [0.2, 0.25) is 11.8 Å². The third-order valence-electron chi connectivity index (χ3n) is 3.97. The van der Waals surface area contributed by atoms with Gasteiger partial charge in [0, 0.05) is 26.1 Å². The van der Waals surface area contributed by atoms with Gasteiger partial charge in [-0.05, 0) is 18.6 Å². The zero-order valence-electron chi connectivity index (χ0n) is 12.7. The highest BCUT2D eigenvalue weighted by molar-refractivity contribution is 6.00. The molecule has 1 aliphatic rings. The van der Waals surface area contributed by atoms with Gasteiger partial charge in [0.05, 0.1) is 11.0 Å². The summed E-state index contributed by atoms with van der Waals surface area (Å²) < 4.78 is 8.38. The van der Waals surface area contributed by atoms with Crippen molar-refractivity contribution in [3.63, 3.8) is 0 Å². The minimum atomic E-state index is -0.681. The van der Waals surface area contributed by atoms with E-state index in [9.17, 15) is 14.4 Å². The molecule has 1 atom stereocenters. The zero-order valence-corrected chi connectivity index (χ0v) is 12.7. The van der Waals surface area contributed by atoms with Crippen LogP contribution in [-0.2, 0) is 16.6 Å². The van der Waals surface area contributed by atoms with Crippen LogP contribution in [0.15, 0.2) is 23.0 Å². The molecule has 8 heteroatoms. The fraction of sp³-hybridized carbons (Fsp3) is 0.400. The molecule has 122 valence electrons. The summed E-state index contributed by atoms with van der Waals surface area (Å²) in [4.78, 5) is 35.9. The molecule has 1 aliphatic heterocycles. The summed E-state index contributed by atoms with van der Waals surface area (Å²) in [7, 11) is 1.64. The lowest BCUT2D eigenvalue weighted by Crippen LogP contribution is -2.44. The second kappa shape index (κ2) is 5.88. The molecule has 1 aromatic heterocycles. The van der Waals surface area contributed by atoms with Gasteiger partial charge in [-0.1, -0.05) is 0 Å². The highest BCUT2D eigenvalue weighted by Crippen LogP contribution is 2.25. The number of nitrogens with zero attached hydrogens (tertiary/aromatic N) is 2. The Morgan fingerprint density at radius 3 is 2.78 bits per heavy atom. The quantitative estimate of drug-likeness (QED) is 0.749. The summed E-state index contributed by atoms with van der Waals surface area (Å²) in [5.74, 6) is -0.143. The molecule has 2 amide bonds. The van der Waals surface area contributed by atoms with Crippen molar-refractivity contribution in [2.24, 2.45) is 12.8 Å². The van der Waals surface area contributed by atoms with E-state index in [1.165, 1.54) is 9.13 Å². The monoisotopic (exact) mass is 318 g/mol. The first kappa shape index (κ1) is 15.3. The van der Waals surface area contributed by atoms with Crippen LogP contribution in [0.2, 0.25) is 0 Å². The maximum atomic E-state index is 12.5. The number of imide groups is 1. The Bertz CT molecular complexity index is 836. The number of rotatable bonds is 4. The minimum absolute atomic E-state index is 0.219. The van der Waals surface area contributed by atoms with Crippen molar-refractivity contribution in [1.82, 2.24) is 14.5 Å². The second-order valence-electron chi connectivity index (χ2n) is 5.47. The average Bonchev–Trinajstić information content (AvgIpc) is 2.77. The summed E-state index contributed by atoms with van der Waals surface area (Å²) in [5.41, 5.74) is 6.41. The maximum Gasteiger partial charge on any atom is 0.329 e. The van der Waals surface area contributed by atoms with Crippen LogP contribution in [0.1, 0.15) is 18.9 Å². The predicted molar refractivity (Wildman–Crippen MR) is 83.1 cm³/mol. The van der Waals surface area contributed by atoms with E-state index in [0.717, 1.165) is 0 Å². The van der Waals surface area contributed by atoms with E-state index in [1.54, 1.807) is 25.2 Å². The van der Waals surface area contributed by atoms with Gasteiger partial charge >= 0.3 is 5.69 Å². The Balaban J connectivity index is 2.07. The number of hydrogen-bond donors (Lipinski definition) is 2. The molecule has 3 N–H and O–H groups in total. The van der Waals surface area contributed by atoms with Crippen molar-refractivity contribution in [2.75, 3.05) is 13.2 Å². The van der Waals surface area contributed by atoms with Gasteiger partial charge in [0.25, 0.3) is 0 Å². The van der Waals surface area contributed by atoms with Crippen LogP contribution in [0.4, 0.5) is 0 Å². The molecular weight excluding hydrogens is 300 g/mol. The lowest BCUT2D eigenvalue weighted by atomic mass is 10.1. The van der Waals surface area contributed by atoms with E-state index < -0.39 is 11.9 Å². The molecule has 3 rings (SSSR count). The molecule has 1 saturated heterocycles. The van der Waals surface area contributed by atoms with Crippen LogP contribution in [-0.4, -0.2) is 34.1 Å². The van der Waals surface area contributed by atoms with Gasteiger partial charge in [-0.25, -0.2) is 4.79 Å². The van der Waals surface area contributed by atoms with E-state index >= 15 is 0 Å². The molecule has 0 saturated carbocycles. The largest absolute Gasteiger partial charge is 0.492 e. The Morgan fingerprint density at radius 2 is 2.09 bits per heavy atom.